The quantitative estimate of drug-likeness (QED) is 0.488. The zero-order valence-electron chi connectivity index (χ0n) is 12.1. The molecule has 0 spiro atoms. The Morgan fingerprint density at radius 1 is 1.36 bits per heavy atom. The van der Waals surface area contributed by atoms with Crippen LogP contribution in [0.1, 0.15) is 19.4 Å². The highest BCUT2D eigenvalue weighted by atomic mass is 16.6. The van der Waals surface area contributed by atoms with Crippen molar-refractivity contribution in [2.45, 2.75) is 20.0 Å². The van der Waals surface area contributed by atoms with E-state index in [1.807, 2.05) is 6.07 Å². The third-order valence-corrected chi connectivity index (χ3v) is 3.47. The maximum Gasteiger partial charge on any atom is 0.319 e. The van der Waals surface area contributed by atoms with Crippen LogP contribution in [-0.2, 0) is 9.53 Å². The van der Waals surface area contributed by atoms with Crippen molar-refractivity contribution in [3.8, 4) is 0 Å². The van der Waals surface area contributed by atoms with Gasteiger partial charge in [-0.3, -0.25) is 19.9 Å². The number of benzene rings is 1. The van der Waals surface area contributed by atoms with Gasteiger partial charge >= 0.3 is 5.97 Å². The predicted molar refractivity (Wildman–Crippen MR) is 81.3 cm³/mol. The fourth-order valence-electron chi connectivity index (χ4n) is 2.61. The molecule has 112 valence electrons. The molecule has 1 heterocycles. The number of nitrogens with zero attached hydrogens (tertiary/aromatic N) is 2. The molecule has 0 fully saturated rings. The highest BCUT2D eigenvalue weighted by molar-refractivity contribution is 6.35. The molecule has 2 aliphatic rings. The van der Waals surface area contributed by atoms with Crippen molar-refractivity contribution >= 4 is 22.9 Å². The van der Waals surface area contributed by atoms with Crippen LogP contribution in [0.3, 0.4) is 0 Å². The number of nitro groups is 1. The molecule has 3 rings (SSSR count). The first kappa shape index (κ1) is 14.2. The number of rotatable bonds is 3. The third kappa shape index (κ3) is 2.22. The molecule has 0 bridgehead atoms. The molecule has 0 radical (unpaired) electrons. The molecule has 1 atom stereocenters. The molecule has 0 saturated heterocycles. The SMILES string of the molecule is CC(C)OC(=O)C1C=CC([N+](=O)[O-])=C2C1=Nc1ccccc12. The van der Waals surface area contributed by atoms with Crippen LogP contribution < -0.4 is 0 Å². The largest absolute Gasteiger partial charge is 0.462 e. The Bertz CT molecular complexity index is 759. The molecule has 0 aromatic heterocycles. The zero-order chi connectivity index (χ0) is 15.9. The summed E-state index contributed by atoms with van der Waals surface area (Å²) in [6.45, 7) is 3.52. The summed E-state index contributed by atoms with van der Waals surface area (Å²) in [6.07, 6.45) is 2.59. The maximum absolute atomic E-state index is 12.2. The molecule has 0 saturated carbocycles. The highest BCUT2D eigenvalue weighted by Crippen LogP contribution is 2.41. The molecular weight excluding hydrogens is 284 g/mol. The van der Waals surface area contributed by atoms with E-state index in [-0.39, 0.29) is 11.8 Å². The number of carbonyl (C=O) groups is 1. The second-order valence-corrected chi connectivity index (χ2v) is 5.35. The van der Waals surface area contributed by atoms with E-state index in [2.05, 4.69) is 4.99 Å². The lowest BCUT2D eigenvalue weighted by atomic mass is 9.87. The molecular formula is C16H14N2O4. The molecule has 0 N–H and O–H groups in total. The highest BCUT2D eigenvalue weighted by Gasteiger charge is 2.39. The van der Waals surface area contributed by atoms with Gasteiger partial charge in [0.1, 0.15) is 5.92 Å². The number of hydrogen-bond donors (Lipinski definition) is 0. The number of hydrogen-bond acceptors (Lipinski definition) is 5. The summed E-state index contributed by atoms with van der Waals surface area (Å²) in [6, 6.07) is 7.15. The summed E-state index contributed by atoms with van der Waals surface area (Å²) in [4.78, 5) is 27.5. The summed E-state index contributed by atoms with van der Waals surface area (Å²) < 4.78 is 5.23. The second-order valence-electron chi connectivity index (χ2n) is 5.35. The van der Waals surface area contributed by atoms with Crippen molar-refractivity contribution in [1.29, 1.82) is 0 Å². The lowest BCUT2D eigenvalue weighted by Gasteiger charge is -2.18. The molecule has 1 aromatic rings. The molecule has 6 heteroatoms. The second kappa shape index (κ2) is 5.22. The van der Waals surface area contributed by atoms with Gasteiger partial charge in [0.25, 0.3) is 5.70 Å². The van der Waals surface area contributed by atoms with Gasteiger partial charge in [-0.2, -0.15) is 0 Å². The zero-order valence-corrected chi connectivity index (χ0v) is 12.1. The maximum atomic E-state index is 12.2. The number of fused-ring (bicyclic) bond motifs is 3. The Labute approximate surface area is 127 Å². The number of carbonyl (C=O) groups excluding carboxylic acids is 1. The number of para-hydroxylation sites is 1. The van der Waals surface area contributed by atoms with Crippen molar-refractivity contribution < 1.29 is 14.5 Å². The van der Waals surface area contributed by atoms with Crippen LogP contribution in [0.5, 0.6) is 0 Å². The number of esters is 1. The Morgan fingerprint density at radius 3 is 2.77 bits per heavy atom. The van der Waals surface area contributed by atoms with Crippen molar-refractivity contribution in [2.24, 2.45) is 10.9 Å². The first-order valence-electron chi connectivity index (χ1n) is 6.94. The fourth-order valence-corrected chi connectivity index (χ4v) is 2.61. The van der Waals surface area contributed by atoms with E-state index in [1.165, 1.54) is 12.2 Å². The van der Waals surface area contributed by atoms with E-state index in [0.717, 1.165) is 0 Å². The van der Waals surface area contributed by atoms with E-state index in [1.54, 1.807) is 32.0 Å². The van der Waals surface area contributed by atoms with Gasteiger partial charge < -0.3 is 4.74 Å². The minimum atomic E-state index is -0.714. The first-order valence-corrected chi connectivity index (χ1v) is 6.94. The standard InChI is InChI=1S/C16H14N2O4/c1-9(2)22-16(19)11-7-8-13(18(20)21)14-10-5-3-4-6-12(10)17-15(11)14/h3-9,11H,1-2H3. The van der Waals surface area contributed by atoms with Crippen LogP contribution in [-0.4, -0.2) is 22.7 Å². The summed E-state index contributed by atoms with van der Waals surface area (Å²) >= 11 is 0. The van der Waals surface area contributed by atoms with Crippen molar-refractivity contribution in [3.63, 3.8) is 0 Å². The normalized spacial score (nSPS) is 18.9. The van der Waals surface area contributed by atoms with Crippen LogP contribution in [0.15, 0.2) is 47.1 Å². The van der Waals surface area contributed by atoms with Crippen LogP contribution in [0, 0.1) is 16.0 Å². The summed E-state index contributed by atoms with van der Waals surface area (Å²) in [5, 5.41) is 11.3. The summed E-state index contributed by atoms with van der Waals surface area (Å²) in [7, 11) is 0. The van der Waals surface area contributed by atoms with E-state index in [0.29, 0.717) is 22.5 Å². The van der Waals surface area contributed by atoms with Crippen LogP contribution in [0.4, 0.5) is 5.69 Å². The summed E-state index contributed by atoms with van der Waals surface area (Å²) in [5.74, 6) is -1.16. The van der Waals surface area contributed by atoms with Gasteiger partial charge in [-0.05, 0) is 19.9 Å². The van der Waals surface area contributed by atoms with Crippen LogP contribution in [0.2, 0.25) is 0 Å². The number of aliphatic imine (C=N–C) groups is 1. The topological polar surface area (TPSA) is 81.8 Å². The molecule has 0 amide bonds. The van der Waals surface area contributed by atoms with Crippen LogP contribution in [0.25, 0.3) is 5.57 Å². The van der Waals surface area contributed by atoms with Gasteiger partial charge in [0, 0.05) is 11.6 Å². The Hall–Kier alpha value is -2.76. The first-order chi connectivity index (χ1) is 10.5. The van der Waals surface area contributed by atoms with Gasteiger partial charge in [0.05, 0.1) is 28.0 Å². The Kier molecular flexibility index (Phi) is 3.36. The lowest BCUT2D eigenvalue weighted by Crippen LogP contribution is -2.29. The van der Waals surface area contributed by atoms with Crippen molar-refractivity contribution in [2.75, 3.05) is 0 Å². The monoisotopic (exact) mass is 298 g/mol. The van der Waals surface area contributed by atoms with Gasteiger partial charge in [-0.25, -0.2) is 0 Å². The van der Waals surface area contributed by atoms with Crippen LogP contribution >= 0.6 is 0 Å². The molecule has 1 unspecified atom stereocenters. The molecule has 1 aliphatic carbocycles. The van der Waals surface area contributed by atoms with Crippen molar-refractivity contribution in [1.82, 2.24) is 0 Å². The van der Waals surface area contributed by atoms with Gasteiger partial charge in [-0.15, -0.1) is 0 Å². The number of allylic oxidation sites excluding steroid dienone is 2. The molecule has 6 nitrogen and oxygen atoms in total. The van der Waals surface area contributed by atoms with E-state index in [9.17, 15) is 14.9 Å². The minimum Gasteiger partial charge on any atom is -0.462 e. The van der Waals surface area contributed by atoms with Gasteiger partial charge in [0.2, 0.25) is 0 Å². The van der Waals surface area contributed by atoms with Crippen molar-refractivity contribution in [3.05, 3.63) is 57.8 Å². The average Bonchev–Trinajstić information content (AvgIpc) is 2.84. The van der Waals surface area contributed by atoms with Gasteiger partial charge in [-0.1, -0.05) is 24.3 Å². The third-order valence-electron chi connectivity index (χ3n) is 3.47. The molecule has 1 aromatic carbocycles. The van der Waals surface area contributed by atoms with E-state index in [4.69, 9.17) is 4.74 Å². The van der Waals surface area contributed by atoms with Gasteiger partial charge in [0.15, 0.2) is 0 Å². The summed E-state index contributed by atoms with van der Waals surface area (Å²) in [5.41, 5.74) is 2.07. The smallest absolute Gasteiger partial charge is 0.319 e. The fraction of sp³-hybridized carbons (Fsp3) is 0.250. The predicted octanol–water partition coefficient (Wildman–Crippen LogP) is 2.90. The molecule has 22 heavy (non-hydrogen) atoms. The van der Waals surface area contributed by atoms with E-state index < -0.39 is 16.8 Å². The molecule has 1 aliphatic heterocycles. The Morgan fingerprint density at radius 2 is 2.09 bits per heavy atom. The lowest BCUT2D eigenvalue weighted by molar-refractivity contribution is -0.417. The minimum absolute atomic E-state index is 0.0442. The van der Waals surface area contributed by atoms with E-state index >= 15 is 0 Å². The Balaban J connectivity index is 2.10. The number of ether oxygens (including phenoxy) is 1. The average molecular weight is 298 g/mol.